The fraction of sp³-hybridized carbons (Fsp3) is 0.372. The van der Waals surface area contributed by atoms with E-state index in [-0.39, 0.29) is 11.8 Å². The van der Waals surface area contributed by atoms with Crippen LogP contribution in [0.5, 0.6) is 11.5 Å². The Balaban J connectivity index is 0.000000177. The lowest BCUT2D eigenvalue weighted by atomic mass is 10.1. The Morgan fingerprint density at radius 3 is 1.45 bits per heavy atom. The van der Waals surface area contributed by atoms with Crippen LogP contribution in [0.1, 0.15) is 46.4 Å². The van der Waals surface area contributed by atoms with Crippen LogP contribution in [-0.4, -0.2) is 125 Å². The molecule has 2 aromatic carbocycles. The van der Waals surface area contributed by atoms with Crippen LogP contribution in [0.25, 0.3) is 0 Å². The molecule has 6 heterocycles. The van der Waals surface area contributed by atoms with Crippen molar-refractivity contribution in [2.24, 2.45) is 0 Å². The fourth-order valence-electron chi connectivity index (χ4n) is 7.32. The number of hydrogen-bond donors (Lipinski definition) is 0. The van der Waals surface area contributed by atoms with Gasteiger partial charge in [-0.15, -0.1) is 0 Å². The molecule has 2 aromatic heterocycles. The van der Waals surface area contributed by atoms with E-state index in [1.165, 1.54) is 12.5 Å². The predicted molar refractivity (Wildman–Crippen MR) is 226 cm³/mol. The average Bonchev–Trinajstić information content (AvgIpc) is 3.48. The first-order valence-corrected chi connectivity index (χ1v) is 20.7. The van der Waals surface area contributed by atoms with E-state index in [0.29, 0.717) is 46.0 Å². The van der Waals surface area contributed by atoms with Gasteiger partial charge < -0.3 is 19.3 Å². The number of halogens is 2. The molecule has 0 unspecified atom stereocenters. The minimum absolute atomic E-state index is 0.108. The number of rotatable bonds is 12. The summed E-state index contributed by atoms with van der Waals surface area (Å²) in [7, 11) is 0. The number of unbranched alkanes of at least 4 members (excludes halogenated alkanes) is 2. The van der Waals surface area contributed by atoms with Gasteiger partial charge in [0.15, 0.2) is 0 Å². The van der Waals surface area contributed by atoms with Crippen LogP contribution < -0.4 is 19.3 Å². The van der Waals surface area contributed by atoms with Crippen molar-refractivity contribution in [1.82, 2.24) is 34.6 Å². The van der Waals surface area contributed by atoms with Crippen molar-refractivity contribution >= 4 is 46.8 Å². The first-order chi connectivity index (χ1) is 28.4. The number of para-hydroxylation sites is 2. The molecule has 2 fully saturated rings. The number of pyridine rings is 1. The van der Waals surface area contributed by atoms with Crippen LogP contribution in [0, 0.1) is 0 Å². The summed E-state index contributed by atoms with van der Waals surface area (Å²) in [5.74, 6) is 2.72. The smallest absolute Gasteiger partial charge is 0.262 e. The zero-order chi connectivity index (χ0) is 40.1. The molecule has 13 nitrogen and oxygen atoms in total. The molecule has 304 valence electrons. The standard InChI is InChI=1S/C22H25ClN4O2.C21H24ClN5O2/c23-20-17-29-19-8-2-1-7-18(19)22(28)27(20)12-6-5-11-25-13-15-26(16-14-25)21-9-3-4-10-24-21;22-19-16-29-18-7-2-1-6-17(18)20(28)27(19)11-4-3-10-25-12-14-26(15-13-25)21-23-8-5-9-24-21/h1-4,7-10,17H,5-6,11-16H2;1-2,5-9,16H,3-4,10-15H2. The van der Waals surface area contributed by atoms with E-state index in [4.69, 9.17) is 32.7 Å². The van der Waals surface area contributed by atoms with Gasteiger partial charge in [-0.05, 0) is 81.2 Å². The molecule has 2 saturated heterocycles. The van der Waals surface area contributed by atoms with Crippen LogP contribution in [0.2, 0.25) is 0 Å². The Kier molecular flexibility index (Phi) is 14.5. The highest BCUT2D eigenvalue weighted by molar-refractivity contribution is 6.31. The normalized spacial score (nSPS) is 17.4. The molecule has 0 atom stereocenters. The van der Waals surface area contributed by atoms with Crippen LogP contribution in [-0.2, 0) is 0 Å². The van der Waals surface area contributed by atoms with Crippen molar-refractivity contribution < 1.29 is 19.1 Å². The summed E-state index contributed by atoms with van der Waals surface area (Å²) < 4.78 is 11.1. The van der Waals surface area contributed by atoms with E-state index in [0.717, 1.165) is 103 Å². The number of amides is 2. The zero-order valence-electron chi connectivity index (χ0n) is 32.5. The minimum atomic E-state index is -0.115. The van der Waals surface area contributed by atoms with Crippen molar-refractivity contribution in [2.75, 3.05) is 88.3 Å². The summed E-state index contributed by atoms with van der Waals surface area (Å²) in [4.78, 5) is 51.4. The van der Waals surface area contributed by atoms with E-state index in [9.17, 15) is 9.59 Å². The number of carbonyl (C=O) groups is 2. The maximum atomic E-state index is 12.8. The number of anilines is 2. The summed E-state index contributed by atoms with van der Waals surface area (Å²) in [6.45, 7) is 11.0. The second-order valence-electron chi connectivity index (χ2n) is 14.3. The van der Waals surface area contributed by atoms with Gasteiger partial charge in [-0.25, -0.2) is 15.0 Å². The number of ether oxygens (including phenoxy) is 2. The van der Waals surface area contributed by atoms with Crippen LogP contribution in [0.4, 0.5) is 11.8 Å². The summed E-state index contributed by atoms with van der Waals surface area (Å²) in [5, 5.41) is 0.651. The number of carbonyl (C=O) groups excluding carboxylic acids is 2. The van der Waals surface area contributed by atoms with E-state index in [1.807, 2.05) is 48.7 Å². The topological polar surface area (TPSA) is 111 Å². The number of piperazine rings is 2. The molecule has 0 saturated carbocycles. The van der Waals surface area contributed by atoms with Crippen LogP contribution in [0.3, 0.4) is 0 Å². The van der Waals surface area contributed by atoms with Gasteiger partial charge in [0.1, 0.15) is 40.2 Å². The van der Waals surface area contributed by atoms with E-state index >= 15 is 0 Å². The number of nitrogens with zero attached hydrogens (tertiary/aromatic N) is 9. The van der Waals surface area contributed by atoms with Gasteiger partial charge in [0.05, 0.1) is 11.1 Å². The quantitative estimate of drug-likeness (QED) is 0.115. The van der Waals surface area contributed by atoms with Gasteiger partial charge in [-0.3, -0.25) is 29.2 Å². The Morgan fingerprint density at radius 1 is 0.500 bits per heavy atom. The fourth-order valence-corrected chi connectivity index (χ4v) is 7.73. The summed E-state index contributed by atoms with van der Waals surface area (Å²) >= 11 is 12.6. The van der Waals surface area contributed by atoms with Gasteiger partial charge in [0.25, 0.3) is 11.8 Å². The van der Waals surface area contributed by atoms with Crippen molar-refractivity contribution in [3.63, 3.8) is 0 Å². The number of fused-ring (bicyclic) bond motifs is 2. The molecule has 58 heavy (non-hydrogen) atoms. The molecule has 4 aliphatic heterocycles. The second kappa shape index (κ2) is 20.5. The number of benzene rings is 2. The molecule has 0 radical (unpaired) electrons. The molecule has 15 heteroatoms. The average molecular weight is 827 g/mol. The third kappa shape index (κ3) is 10.6. The third-order valence-corrected chi connectivity index (χ3v) is 11.2. The molecule has 0 spiro atoms. The van der Waals surface area contributed by atoms with Gasteiger partial charge in [0, 0.05) is 84.0 Å². The monoisotopic (exact) mass is 825 g/mol. The highest BCUT2D eigenvalue weighted by Gasteiger charge is 2.27. The van der Waals surface area contributed by atoms with Crippen molar-refractivity contribution in [3.8, 4) is 11.5 Å². The van der Waals surface area contributed by atoms with Crippen molar-refractivity contribution in [1.29, 1.82) is 0 Å². The van der Waals surface area contributed by atoms with Crippen LogP contribution >= 0.6 is 23.2 Å². The molecule has 4 aliphatic rings. The SMILES string of the molecule is O=C1c2ccccc2OC=C(Cl)N1CCCCN1CCN(c2ccccn2)CC1.O=C1c2ccccc2OC=C(Cl)N1CCCCN1CCN(c2ncccn2)CC1. The number of hydrogen-bond acceptors (Lipinski definition) is 11. The van der Waals surface area contributed by atoms with E-state index < -0.39 is 0 Å². The lowest BCUT2D eigenvalue weighted by Gasteiger charge is -2.35. The highest BCUT2D eigenvalue weighted by atomic mass is 35.5. The first kappa shape index (κ1) is 41.0. The lowest BCUT2D eigenvalue weighted by Crippen LogP contribution is -2.47. The zero-order valence-corrected chi connectivity index (χ0v) is 34.1. The predicted octanol–water partition coefficient (Wildman–Crippen LogP) is 6.51. The second-order valence-corrected chi connectivity index (χ2v) is 15.1. The summed E-state index contributed by atoms with van der Waals surface area (Å²) in [6.07, 6.45) is 12.1. The minimum Gasteiger partial charge on any atom is -0.461 e. The molecule has 0 N–H and O–H groups in total. The van der Waals surface area contributed by atoms with Crippen molar-refractivity contribution in [2.45, 2.75) is 25.7 Å². The molecule has 2 amide bonds. The summed E-state index contributed by atoms with van der Waals surface area (Å²) in [6, 6.07) is 22.3. The summed E-state index contributed by atoms with van der Waals surface area (Å²) in [5.41, 5.74) is 1.09. The molecule has 0 aliphatic carbocycles. The largest absolute Gasteiger partial charge is 0.461 e. The van der Waals surface area contributed by atoms with Gasteiger partial charge in [-0.1, -0.05) is 53.5 Å². The first-order valence-electron chi connectivity index (χ1n) is 19.9. The third-order valence-electron chi connectivity index (χ3n) is 10.6. The van der Waals surface area contributed by atoms with E-state index in [2.05, 4.69) is 40.6 Å². The Hall–Kier alpha value is -5.21. The molecule has 8 rings (SSSR count). The van der Waals surface area contributed by atoms with Gasteiger partial charge >= 0.3 is 0 Å². The lowest BCUT2D eigenvalue weighted by molar-refractivity contribution is 0.0806. The van der Waals surface area contributed by atoms with Gasteiger partial charge in [-0.2, -0.15) is 0 Å². The highest BCUT2D eigenvalue weighted by Crippen LogP contribution is 2.29. The van der Waals surface area contributed by atoms with Crippen molar-refractivity contribution in [3.05, 3.63) is 125 Å². The molecular formula is C43H49Cl2N9O4. The van der Waals surface area contributed by atoms with E-state index in [1.54, 1.807) is 46.5 Å². The Labute approximate surface area is 350 Å². The molecule has 4 aromatic rings. The molecule has 0 bridgehead atoms. The molecular weight excluding hydrogens is 777 g/mol. The Bertz CT molecular complexity index is 1880. The maximum Gasteiger partial charge on any atom is 0.262 e. The number of aromatic nitrogens is 3. The van der Waals surface area contributed by atoms with Gasteiger partial charge in [0.2, 0.25) is 5.95 Å². The van der Waals surface area contributed by atoms with Crippen LogP contribution in [0.15, 0.2) is 114 Å². The Morgan fingerprint density at radius 2 is 0.948 bits per heavy atom. The maximum absolute atomic E-state index is 12.8.